The first-order valence-corrected chi connectivity index (χ1v) is 12.1. The number of hydrogen-bond acceptors (Lipinski definition) is 3. The molecule has 2 aromatic carbocycles. The fourth-order valence-corrected chi connectivity index (χ4v) is 4.57. The highest BCUT2D eigenvalue weighted by atomic mass is 35.5. The molecule has 186 valence electrons. The van der Waals surface area contributed by atoms with E-state index >= 15 is 0 Å². The van der Waals surface area contributed by atoms with E-state index in [1.165, 1.54) is 27.4 Å². The smallest absolute Gasteiger partial charge is 0.294 e. The molecule has 0 aliphatic carbocycles. The van der Waals surface area contributed by atoms with Crippen LogP contribution in [0.2, 0.25) is 10.0 Å². The molecule has 3 heterocycles. The Labute approximate surface area is 221 Å². The summed E-state index contributed by atoms with van der Waals surface area (Å²) in [5.41, 5.74) is 0.537. The second kappa shape index (κ2) is 9.46. The number of carbonyl (C=O) groups is 2. The molecule has 1 aliphatic heterocycles. The maximum Gasteiger partial charge on any atom is 0.331 e. The van der Waals surface area contributed by atoms with Gasteiger partial charge in [-0.15, -0.1) is 0 Å². The quantitative estimate of drug-likeness (QED) is 0.288. The van der Waals surface area contributed by atoms with Crippen molar-refractivity contribution >= 4 is 52.0 Å². The van der Waals surface area contributed by atoms with E-state index in [9.17, 15) is 18.8 Å². The zero-order chi connectivity index (χ0) is 26.4. The van der Waals surface area contributed by atoms with Crippen LogP contribution in [-0.4, -0.2) is 21.6 Å². The van der Waals surface area contributed by atoms with Crippen LogP contribution in [0.25, 0.3) is 17.0 Å². The molecule has 2 aromatic heterocycles. The zero-order valence-corrected chi connectivity index (χ0v) is 21.2. The van der Waals surface area contributed by atoms with Gasteiger partial charge in [0.05, 0.1) is 27.0 Å². The molecule has 4 aromatic rings. The molecule has 1 N–H and O–H groups in total. The summed E-state index contributed by atoms with van der Waals surface area (Å²) >= 11 is 12.2. The minimum Gasteiger partial charge on any atom is -0.294 e. The Bertz CT molecular complexity index is 1640. The fourth-order valence-electron chi connectivity index (χ4n) is 4.27. The molecular formula is C27H20Cl2FN4O3+. The number of amides is 2. The number of halogens is 3. The average molecular weight is 538 g/mol. The number of nitrogens with one attached hydrogen (secondary N) is 1. The molecule has 0 spiro atoms. The van der Waals surface area contributed by atoms with E-state index in [0.717, 1.165) is 17.0 Å². The van der Waals surface area contributed by atoms with Crippen molar-refractivity contribution in [2.75, 3.05) is 4.90 Å². The number of anilines is 1. The summed E-state index contributed by atoms with van der Waals surface area (Å²) in [5, 5.41) is 3.66. The number of pyridine rings is 1. The molecule has 0 fully saturated rings. The lowest BCUT2D eigenvalue weighted by Gasteiger charge is -2.14. The van der Waals surface area contributed by atoms with E-state index in [-0.39, 0.29) is 33.5 Å². The lowest BCUT2D eigenvalue weighted by Crippen LogP contribution is -2.39. The molecule has 0 unspecified atom stereocenters. The summed E-state index contributed by atoms with van der Waals surface area (Å²) in [7, 11) is 0. The monoisotopic (exact) mass is 537 g/mol. The summed E-state index contributed by atoms with van der Waals surface area (Å²) in [4.78, 5) is 42.4. The lowest BCUT2D eigenvalue weighted by molar-refractivity contribution is -0.576. The molecule has 1 aliphatic rings. The lowest BCUT2D eigenvalue weighted by atomic mass is 9.98. The third-order valence-corrected chi connectivity index (χ3v) is 6.76. The Morgan fingerprint density at radius 2 is 1.51 bits per heavy atom. The van der Waals surface area contributed by atoms with Gasteiger partial charge in [-0.25, -0.2) is 14.0 Å². The van der Waals surface area contributed by atoms with Crippen LogP contribution in [0.3, 0.4) is 0 Å². The van der Waals surface area contributed by atoms with Crippen LogP contribution in [0.4, 0.5) is 10.1 Å². The number of aromatic amines is 1. The maximum absolute atomic E-state index is 13.9. The highest BCUT2D eigenvalue weighted by Gasteiger charge is 2.48. The molecule has 0 radical (unpaired) electrons. The van der Waals surface area contributed by atoms with E-state index < -0.39 is 23.2 Å². The summed E-state index contributed by atoms with van der Waals surface area (Å²) in [6.45, 7) is 3.73. The third-order valence-electron chi connectivity index (χ3n) is 6.03. The molecule has 0 saturated heterocycles. The number of hydrogen-bond donors (Lipinski definition) is 1. The van der Waals surface area contributed by atoms with Gasteiger partial charge in [0, 0.05) is 17.8 Å². The first-order chi connectivity index (χ1) is 17.7. The average Bonchev–Trinajstić information content (AvgIpc) is 3.35. The van der Waals surface area contributed by atoms with Crippen molar-refractivity contribution in [3.05, 3.63) is 111 Å². The third kappa shape index (κ3) is 4.18. The van der Waals surface area contributed by atoms with E-state index in [4.69, 9.17) is 23.2 Å². The first kappa shape index (κ1) is 24.7. The number of rotatable bonds is 5. The Morgan fingerprint density at radius 1 is 0.865 bits per heavy atom. The Hall–Kier alpha value is -4.01. The molecule has 2 amide bonds. The number of H-pyrrole nitrogens is 1. The zero-order valence-electron chi connectivity index (χ0n) is 19.7. The SMILES string of the molecule is CC(C)c1[nH]n(-c2ccc(Cl)c(Cl)c2)c(=O)c1C1=C([n+]2ccccc2)C(=O)N(c2ccc(F)cc2)C1=O. The summed E-state index contributed by atoms with van der Waals surface area (Å²) in [6, 6.07) is 14.9. The van der Waals surface area contributed by atoms with Gasteiger partial charge < -0.3 is 0 Å². The Balaban J connectivity index is 1.79. The molecule has 10 heteroatoms. The van der Waals surface area contributed by atoms with Gasteiger partial charge in [-0.3, -0.25) is 19.5 Å². The van der Waals surface area contributed by atoms with Gasteiger partial charge in [0.15, 0.2) is 12.4 Å². The predicted molar refractivity (Wildman–Crippen MR) is 139 cm³/mol. The van der Waals surface area contributed by atoms with Gasteiger partial charge in [-0.1, -0.05) is 43.1 Å². The second-order valence-corrected chi connectivity index (χ2v) is 9.54. The standard InChI is InChI=1S/C27H19Cl2FN4O3/c1-15(2)23-21(26(36)34(31-23)18-10-11-19(28)20(29)14-18)22-24(32-12-4-3-5-13-32)27(37)33(25(22)35)17-8-6-16(30)7-9-17/h3-15H,1-2H3/p+1. The van der Waals surface area contributed by atoms with Crippen LogP contribution < -0.4 is 15.0 Å². The van der Waals surface area contributed by atoms with Crippen molar-refractivity contribution in [2.24, 2.45) is 0 Å². The minimum atomic E-state index is -0.692. The largest absolute Gasteiger partial charge is 0.331 e. The number of benzene rings is 2. The summed E-state index contributed by atoms with van der Waals surface area (Å²) in [5.74, 6) is -2.06. The molecule has 5 rings (SSSR count). The van der Waals surface area contributed by atoms with Gasteiger partial charge in [0.25, 0.3) is 17.2 Å². The Morgan fingerprint density at radius 3 is 2.14 bits per heavy atom. The van der Waals surface area contributed by atoms with Crippen molar-refractivity contribution in [3.63, 3.8) is 0 Å². The number of carbonyl (C=O) groups excluding carboxylic acids is 2. The van der Waals surface area contributed by atoms with Gasteiger partial charge in [-0.2, -0.15) is 4.57 Å². The number of imide groups is 1. The topological polar surface area (TPSA) is 79.1 Å². The normalized spacial score (nSPS) is 13.8. The summed E-state index contributed by atoms with van der Waals surface area (Å²) in [6.07, 6.45) is 3.24. The van der Waals surface area contributed by atoms with E-state index in [0.29, 0.717) is 16.4 Å². The van der Waals surface area contributed by atoms with E-state index in [1.54, 1.807) is 42.7 Å². The fraction of sp³-hybridized carbons (Fsp3) is 0.111. The van der Waals surface area contributed by atoms with Crippen molar-refractivity contribution in [3.8, 4) is 5.69 Å². The van der Waals surface area contributed by atoms with Crippen LogP contribution >= 0.6 is 23.2 Å². The van der Waals surface area contributed by atoms with E-state index in [2.05, 4.69) is 5.10 Å². The van der Waals surface area contributed by atoms with Crippen molar-refractivity contribution in [2.45, 2.75) is 19.8 Å². The van der Waals surface area contributed by atoms with E-state index in [1.807, 2.05) is 13.8 Å². The van der Waals surface area contributed by atoms with Gasteiger partial charge >= 0.3 is 5.91 Å². The number of aromatic nitrogens is 3. The molecule has 0 saturated carbocycles. The predicted octanol–water partition coefficient (Wildman–Crippen LogP) is 4.96. The maximum atomic E-state index is 13.9. The van der Waals surface area contributed by atoms with Crippen LogP contribution in [0.5, 0.6) is 0 Å². The molecular weight excluding hydrogens is 518 g/mol. The molecule has 0 atom stereocenters. The number of nitrogens with zero attached hydrogens (tertiary/aromatic N) is 3. The minimum absolute atomic E-state index is 0.00853. The highest BCUT2D eigenvalue weighted by molar-refractivity contribution is 6.53. The van der Waals surface area contributed by atoms with Crippen molar-refractivity contribution in [1.82, 2.24) is 9.78 Å². The van der Waals surface area contributed by atoms with Crippen LogP contribution in [0.15, 0.2) is 77.9 Å². The van der Waals surface area contributed by atoms with Crippen LogP contribution in [0.1, 0.15) is 31.0 Å². The highest BCUT2D eigenvalue weighted by Crippen LogP contribution is 2.35. The first-order valence-electron chi connectivity index (χ1n) is 11.3. The van der Waals surface area contributed by atoms with Gasteiger partial charge in [-0.05, 0) is 48.4 Å². The molecule has 7 nitrogen and oxygen atoms in total. The molecule has 37 heavy (non-hydrogen) atoms. The van der Waals surface area contributed by atoms with Crippen molar-refractivity contribution < 1.29 is 18.5 Å². The van der Waals surface area contributed by atoms with Gasteiger partial charge in [0.2, 0.25) is 0 Å². The van der Waals surface area contributed by atoms with Crippen molar-refractivity contribution in [1.29, 1.82) is 0 Å². The Kier molecular flexibility index (Phi) is 6.31. The van der Waals surface area contributed by atoms with Crippen LogP contribution in [0, 0.1) is 5.82 Å². The summed E-state index contributed by atoms with van der Waals surface area (Å²) < 4.78 is 16.4. The van der Waals surface area contributed by atoms with Gasteiger partial charge in [0.1, 0.15) is 11.4 Å². The second-order valence-electron chi connectivity index (χ2n) is 8.72. The molecule has 0 bridgehead atoms. The van der Waals surface area contributed by atoms with Crippen LogP contribution in [-0.2, 0) is 9.59 Å².